The number of carbonyl (C=O) groups is 1. The number of benzene rings is 1. The third-order valence-electron chi connectivity index (χ3n) is 6.71. The summed E-state index contributed by atoms with van der Waals surface area (Å²) in [6, 6.07) is 12.0. The van der Waals surface area contributed by atoms with Crippen LogP contribution in [0.15, 0.2) is 59.6 Å². The number of amides is 1. The number of nitrogens with one attached hydrogen (secondary N) is 1. The summed E-state index contributed by atoms with van der Waals surface area (Å²) in [5, 5.41) is 0. The van der Waals surface area contributed by atoms with Gasteiger partial charge in [0.2, 0.25) is 0 Å². The topological polar surface area (TPSA) is 113 Å². The second kappa shape index (κ2) is 10.1. The Hall–Kier alpha value is -4.31. The monoisotopic (exact) mass is 525 g/mol. The molecule has 6 rings (SSSR count). The Morgan fingerprint density at radius 2 is 1.87 bits per heavy atom. The molecule has 200 valence electrons. The normalized spacial score (nSPS) is 14.8. The number of ether oxygens (including phenoxy) is 1. The number of carbonyl (C=O) groups excluding carboxylic acids is 1. The first kappa shape index (κ1) is 25.0. The second-order valence-electron chi connectivity index (χ2n) is 10.8. The molecule has 1 aliphatic heterocycles. The van der Waals surface area contributed by atoms with Crippen LogP contribution in [0.5, 0.6) is 0 Å². The van der Waals surface area contributed by atoms with Gasteiger partial charge in [0.1, 0.15) is 29.0 Å². The zero-order valence-electron chi connectivity index (χ0n) is 22.3. The molecule has 5 aromatic rings. The van der Waals surface area contributed by atoms with Crippen molar-refractivity contribution < 1.29 is 13.9 Å². The smallest absolute Gasteiger partial charge is 0.410 e. The molecule has 1 aromatic carbocycles. The van der Waals surface area contributed by atoms with Gasteiger partial charge in [0.25, 0.3) is 0 Å². The number of aromatic amines is 1. The maximum atomic E-state index is 12.4. The van der Waals surface area contributed by atoms with Gasteiger partial charge in [-0.1, -0.05) is 6.07 Å². The lowest BCUT2D eigenvalue weighted by Crippen LogP contribution is -2.49. The van der Waals surface area contributed by atoms with Crippen LogP contribution in [0.3, 0.4) is 0 Å². The maximum Gasteiger partial charge on any atom is 0.410 e. The summed E-state index contributed by atoms with van der Waals surface area (Å²) in [6.45, 7) is 9.41. The number of nitrogens with zero attached hydrogens (tertiary/aromatic N) is 6. The van der Waals surface area contributed by atoms with Crippen LogP contribution in [0.4, 0.5) is 4.79 Å². The fourth-order valence-corrected chi connectivity index (χ4v) is 4.86. The van der Waals surface area contributed by atoms with Crippen molar-refractivity contribution in [2.24, 2.45) is 0 Å². The highest BCUT2D eigenvalue weighted by Crippen LogP contribution is 2.28. The van der Waals surface area contributed by atoms with E-state index in [1.54, 1.807) is 17.5 Å². The number of hydrogen-bond acceptors (Lipinski definition) is 8. The SMILES string of the molecule is CC(C)(C)OC(=O)N1CCN(Cc2ccnc(Cc3nc4ccc(-c5ncnc6ccoc56)cc4[nH]3)c2)CC1. The van der Waals surface area contributed by atoms with Gasteiger partial charge in [-0.05, 0) is 50.6 Å². The number of rotatable bonds is 5. The average molecular weight is 526 g/mol. The molecule has 0 radical (unpaired) electrons. The van der Waals surface area contributed by atoms with Crippen LogP contribution in [0.25, 0.3) is 33.4 Å². The number of aromatic nitrogens is 5. The summed E-state index contributed by atoms with van der Waals surface area (Å²) in [5.41, 5.74) is 6.62. The zero-order chi connectivity index (χ0) is 27.0. The van der Waals surface area contributed by atoms with Gasteiger partial charge in [0.15, 0.2) is 5.58 Å². The fraction of sp³-hybridized carbons (Fsp3) is 0.345. The van der Waals surface area contributed by atoms with Crippen molar-refractivity contribution in [2.75, 3.05) is 26.2 Å². The van der Waals surface area contributed by atoms with Crippen LogP contribution in [0.1, 0.15) is 37.9 Å². The van der Waals surface area contributed by atoms with E-state index in [-0.39, 0.29) is 6.09 Å². The average Bonchev–Trinajstić information content (AvgIpc) is 3.54. The molecule has 10 nitrogen and oxygen atoms in total. The standard InChI is InChI=1S/C29H31N7O3/c1-29(2,3)39-28(37)36-11-9-35(10-12-36)17-19-6-8-30-21(14-19)16-25-33-22-5-4-20(15-24(22)34-25)26-27-23(7-13-38-27)31-18-32-26/h4-8,13-15,18H,9-12,16-17H2,1-3H3,(H,33,34). The number of pyridine rings is 1. The van der Waals surface area contributed by atoms with Crippen molar-refractivity contribution >= 4 is 28.2 Å². The number of piperazine rings is 1. The third kappa shape index (κ3) is 5.61. The van der Waals surface area contributed by atoms with E-state index in [9.17, 15) is 4.79 Å². The van der Waals surface area contributed by atoms with E-state index in [1.807, 2.05) is 57.3 Å². The highest BCUT2D eigenvalue weighted by Gasteiger charge is 2.26. The summed E-state index contributed by atoms with van der Waals surface area (Å²) >= 11 is 0. The molecule has 4 aromatic heterocycles. The first-order chi connectivity index (χ1) is 18.8. The first-order valence-electron chi connectivity index (χ1n) is 13.1. The molecule has 5 heterocycles. The summed E-state index contributed by atoms with van der Waals surface area (Å²) < 4.78 is 11.1. The van der Waals surface area contributed by atoms with Gasteiger partial charge in [-0.15, -0.1) is 0 Å². The molecule has 1 aliphatic rings. The van der Waals surface area contributed by atoms with Gasteiger partial charge in [-0.3, -0.25) is 9.88 Å². The summed E-state index contributed by atoms with van der Waals surface area (Å²) in [6.07, 6.45) is 5.39. The number of hydrogen-bond donors (Lipinski definition) is 1. The molecule has 39 heavy (non-hydrogen) atoms. The van der Waals surface area contributed by atoms with Gasteiger partial charge >= 0.3 is 6.09 Å². The van der Waals surface area contributed by atoms with Crippen molar-refractivity contribution in [2.45, 2.75) is 39.3 Å². The number of fused-ring (bicyclic) bond motifs is 2. The summed E-state index contributed by atoms with van der Waals surface area (Å²) in [5.74, 6) is 0.851. The number of imidazole rings is 1. The largest absolute Gasteiger partial charge is 0.460 e. The van der Waals surface area contributed by atoms with Gasteiger partial charge in [-0.25, -0.2) is 19.7 Å². The quantitative estimate of drug-likeness (QED) is 0.348. The minimum Gasteiger partial charge on any atom is -0.460 e. The van der Waals surface area contributed by atoms with E-state index in [1.165, 1.54) is 5.56 Å². The molecule has 1 fully saturated rings. The van der Waals surface area contributed by atoms with Crippen molar-refractivity contribution in [1.82, 2.24) is 34.7 Å². The fourth-order valence-electron chi connectivity index (χ4n) is 4.86. The van der Waals surface area contributed by atoms with E-state index >= 15 is 0 Å². The van der Waals surface area contributed by atoms with Crippen LogP contribution in [0.2, 0.25) is 0 Å². The minimum absolute atomic E-state index is 0.238. The highest BCUT2D eigenvalue weighted by molar-refractivity contribution is 5.90. The Morgan fingerprint density at radius 3 is 2.69 bits per heavy atom. The molecule has 1 N–H and O–H groups in total. The van der Waals surface area contributed by atoms with Crippen molar-refractivity contribution in [3.8, 4) is 11.3 Å². The lowest BCUT2D eigenvalue weighted by molar-refractivity contribution is 0.0139. The predicted octanol–water partition coefficient (Wildman–Crippen LogP) is 4.80. The molecule has 0 saturated carbocycles. The predicted molar refractivity (Wildman–Crippen MR) is 147 cm³/mol. The van der Waals surface area contributed by atoms with Crippen LogP contribution >= 0.6 is 0 Å². The Kier molecular flexibility index (Phi) is 6.48. The molecule has 0 atom stereocenters. The van der Waals surface area contributed by atoms with Crippen LogP contribution in [-0.4, -0.2) is 72.6 Å². The number of furan rings is 1. The van der Waals surface area contributed by atoms with Crippen LogP contribution < -0.4 is 0 Å². The molecule has 1 amide bonds. The molecule has 0 spiro atoms. The molecule has 10 heteroatoms. The van der Waals surface area contributed by atoms with E-state index < -0.39 is 5.60 Å². The lowest BCUT2D eigenvalue weighted by atomic mass is 10.1. The Labute approximate surface area is 226 Å². The Balaban J connectivity index is 1.11. The zero-order valence-corrected chi connectivity index (χ0v) is 22.3. The molecule has 0 bridgehead atoms. The van der Waals surface area contributed by atoms with Crippen LogP contribution in [-0.2, 0) is 17.7 Å². The van der Waals surface area contributed by atoms with E-state index in [4.69, 9.17) is 14.1 Å². The van der Waals surface area contributed by atoms with Crippen LogP contribution in [0, 0.1) is 0 Å². The molecule has 0 aliphatic carbocycles. The highest BCUT2D eigenvalue weighted by atomic mass is 16.6. The van der Waals surface area contributed by atoms with Gasteiger partial charge in [0, 0.05) is 62.7 Å². The summed E-state index contributed by atoms with van der Waals surface area (Å²) in [4.78, 5) is 38.0. The van der Waals surface area contributed by atoms with Gasteiger partial charge in [0.05, 0.1) is 17.3 Å². The van der Waals surface area contributed by atoms with E-state index in [0.29, 0.717) is 25.1 Å². The Bertz CT molecular complexity index is 1630. The van der Waals surface area contributed by atoms with Crippen molar-refractivity contribution in [3.05, 3.63) is 72.3 Å². The second-order valence-corrected chi connectivity index (χ2v) is 10.8. The summed E-state index contributed by atoms with van der Waals surface area (Å²) in [7, 11) is 0. The number of H-pyrrole nitrogens is 1. The van der Waals surface area contributed by atoms with Gasteiger partial charge < -0.3 is 19.0 Å². The molecular formula is C29H31N7O3. The van der Waals surface area contributed by atoms with Crippen molar-refractivity contribution in [1.29, 1.82) is 0 Å². The third-order valence-corrected chi connectivity index (χ3v) is 6.71. The van der Waals surface area contributed by atoms with Gasteiger partial charge in [-0.2, -0.15) is 0 Å². The lowest BCUT2D eigenvalue weighted by Gasteiger charge is -2.35. The Morgan fingerprint density at radius 1 is 1.03 bits per heavy atom. The van der Waals surface area contributed by atoms with E-state index in [0.717, 1.165) is 59.0 Å². The van der Waals surface area contributed by atoms with E-state index in [2.05, 4.69) is 30.9 Å². The maximum absolute atomic E-state index is 12.4. The minimum atomic E-state index is -0.479. The molecule has 0 unspecified atom stereocenters. The van der Waals surface area contributed by atoms with Crippen molar-refractivity contribution in [3.63, 3.8) is 0 Å². The molecule has 1 saturated heterocycles. The first-order valence-corrected chi connectivity index (χ1v) is 13.1. The molecular weight excluding hydrogens is 494 g/mol.